The van der Waals surface area contributed by atoms with E-state index in [9.17, 15) is 4.79 Å². The molecule has 2 saturated heterocycles. The van der Waals surface area contributed by atoms with Crippen LogP contribution in [0.15, 0.2) is 0 Å². The van der Waals surface area contributed by atoms with Crippen LogP contribution in [0.4, 0.5) is 4.79 Å². The second kappa shape index (κ2) is 5.04. The normalized spacial score (nSPS) is 24.4. The maximum atomic E-state index is 11.7. The van der Waals surface area contributed by atoms with E-state index in [2.05, 4.69) is 10.6 Å². The summed E-state index contributed by atoms with van der Waals surface area (Å²) in [6, 6.07) is 0.117. The molecule has 4 heteroatoms. The summed E-state index contributed by atoms with van der Waals surface area (Å²) in [5.74, 6) is 0. The molecule has 2 aliphatic heterocycles. The molecule has 92 valence electrons. The van der Waals surface area contributed by atoms with Crippen LogP contribution in [0.1, 0.15) is 32.6 Å². The molecule has 1 spiro atoms. The van der Waals surface area contributed by atoms with Crippen molar-refractivity contribution in [2.75, 3.05) is 32.7 Å². The highest BCUT2D eigenvalue weighted by molar-refractivity contribution is 5.74. The first-order valence-electron chi connectivity index (χ1n) is 6.49. The summed E-state index contributed by atoms with van der Waals surface area (Å²) < 4.78 is 0. The summed E-state index contributed by atoms with van der Waals surface area (Å²) >= 11 is 0. The Morgan fingerprint density at radius 2 is 1.88 bits per heavy atom. The van der Waals surface area contributed by atoms with Gasteiger partial charge in [0.1, 0.15) is 0 Å². The van der Waals surface area contributed by atoms with Crippen LogP contribution in [-0.2, 0) is 0 Å². The molecule has 16 heavy (non-hydrogen) atoms. The second-order valence-corrected chi connectivity index (χ2v) is 5.07. The number of rotatable bonds is 1. The lowest BCUT2D eigenvalue weighted by atomic mass is 9.72. The summed E-state index contributed by atoms with van der Waals surface area (Å²) in [5, 5.41) is 6.30. The van der Waals surface area contributed by atoms with Crippen LogP contribution in [0.3, 0.4) is 0 Å². The molecule has 0 aromatic carbocycles. The van der Waals surface area contributed by atoms with Crippen LogP contribution in [-0.4, -0.2) is 43.7 Å². The predicted octanol–water partition coefficient (Wildman–Crippen LogP) is 1.18. The van der Waals surface area contributed by atoms with Gasteiger partial charge in [0, 0.05) is 19.6 Å². The number of nitrogens with zero attached hydrogens (tertiary/aromatic N) is 1. The molecule has 0 atom stereocenters. The minimum absolute atomic E-state index is 0.117. The summed E-state index contributed by atoms with van der Waals surface area (Å²) in [6.45, 7) is 6.88. The molecule has 2 heterocycles. The number of likely N-dealkylation sites (tertiary alicyclic amines) is 1. The van der Waals surface area contributed by atoms with E-state index in [0.29, 0.717) is 5.41 Å². The molecule has 0 bridgehead atoms. The molecule has 2 aliphatic rings. The molecule has 0 radical (unpaired) electrons. The van der Waals surface area contributed by atoms with Crippen molar-refractivity contribution >= 4 is 6.03 Å². The zero-order valence-electron chi connectivity index (χ0n) is 10.2. The fourth-order valence-electron chi connectivity index (χ4n) is 2.90. The topological polar surface area (TPSA) is 44.4 Å². The van der Waals surface area contributed by atoms with E-state index in [4.69, 9.17) is 0 Å². The number of nitrogens with one attached hydrogen (secondary N) is 2. The van der Waals surface area contributed by atoms with Gasteiger partial charge in [-0.15, -0.1) is 0 Å². The largest absolute Gasteiger partial charge is 0.338 e. The van der Waals surface area contributed by atoms with Gasteiger partial charge in [0.05, 0.1) is 0 Å². The quantitative estimate of drug-likeness (QED) is 0.704. The molecule has 2 N–H and O–H groups in total. The number of piperidine rings is 2. The van der Waals surface area contributed by atoms with Crippen LogP contribution >= 0.6 is 0 Å². The third kappa shape index (κ3) is 2.48. The number of hydrogen-bond acceptors (Lipinski definition) is 2. The molecule has 4 nitrogen and oxygen atoms in total. The summed E-state index contributed by atoms with van der Waals surface area (Å²) in [6.07, 6.45) is 4.95. The summed E-state index contributed by atoms with van der Waals surface area (Å²) in [7, 11) is 0. The van der Waals surface area contributed by atoms with Crippen molar-refractivity contribution in [3.05, 3.63) is 0 Å². The Kier molecular flexibility index (Phi) is 3.69. The van der Waals surface area contributed by atoms with Crippen LogP contribution in [0, 0.1) is 5.41 Å². The first-order chi connectivity index (χ1) is 7.76. The van der Waals surface area contributed by atoms with Crippen molar-refractivity contribution < 1.29 is 4.79 Å². The summed E-state index contributed by atoms with van der Waals surface area (Å²) in [4.78, 5) is 13.6. The fourth-order valence-corrected chi connectivity index (χ4v) is 2.90. The molecule has 0 unspecified atom stereocenters. The number of carbonyl (C=O) groups is 1. The van der Waals surface area contributed by atoms with Gasteiger partial charge in [0.25, 0.3) is 0 Å². The molecule has 2 rings (SSSR count). The zero-order valence-corrected chi connectivity index (χ0v) is 10.2. The number of hydrogen-bond donors (Lipinski definition) is 2. The number of amides is 2. The molecule has 0 aliphatic carbocycles. The third-order valence-corrected chi connectivity index (χ3v) is 4.10. The first-order valence-corrected chi connectivity index (χ1v) is 6.49. The highest BCUT2D eigenvalue weighted by atomic mass is 16.2. The van der Waals surface area contributed by atoms with Crippen molar-refractivity contribution in [3.63, 3.8) is 0 Å². The molecule has 0 aromatic heterocycles. The lowest BCUT2D eigenvalue weighted by Gasteiger charge is -2.44. The zero-order chi connectivity index (χ0) is 11.4. The van der Waals surface area contributed by atoms with Gasteiger partial charge in [-0.1, -0.05) is 0 Å². The highest BCUT2D eigenvalue weighted by Crippen LogP contribution is 2.39. The lowest BCUT2D eigenvalue weighted by molar-refractivity contribution is 0.0876. The van der Waals surface area contributed by atoms with E-state index >= 15 is 0 Å². The van der Waals surface area contributed by atoms with E-state index in [1.165, 1.54) is 25.7 Å². The Morgan fingerprint density at radius 1 is 1.25 bits per heavy atom. The Hall–Kier alpha value is -0.770. The molecular formula is C12H23N3O. The van der Waals surface area contributed by atoms with Gasteiger partial charge in [-0.05, 0) is 51.1 Å². The smallest absolute Gasteiger partial charge is 0.317 e. The van der Waals surface area contributed by atoms with E-state index in [0.717, 1.165) is 32.7 Å². The second-order valence-electron chi connectivity index (χ2n) is 5.07. The molecule has 0 saturated carbocycles. The van der Waals surface area contributed by atoms with Crippen molar-refractivity contribution in [3.8, 4) is 0 Å². The maximum Gasteiger partial charge on any atom is 0.317 e. The maximum absolute atomic E-state index is 11.7. The van der Waals surface area contributed by atoms with Crippen molar-refractivity contribution in [2.45, 2.75) is 32.6 Å². The SMILES string of the molecule is CCNC(=O)N1CCC2(CCNCC2)CC1. The molecular weight excluding hydrogens is 202 g/mol. The first kappa shape index (κ1) is 11.7. The minimum atomic E-state index is 0.117. The Labute approximate surface area is 97.8 Å². The van der Waals surface area contributed by atoms with Gasteiger partial charge < -0.3 is 15.5 Å². The molecule has 0 aromatic rings. The molecule has 2 fully saturated rings. The van der Waals surface area contributed by atoms with Crippen molar-refractivity contribution in [1.29, 1.82) is 0 Å². The average molecular weight is 225 g/mol. The van der Waals surface area contributed by atoms with Gasteiger partial charge in [-0.3, -0.25) is 0 Å². The van der Waals surface area contributed by atoms with E-state index in [-0.39, 0.29) is 6.03 Å². The van der Waals surface area contributed by atoms with E-state index in [1.807, 2.05) is 11.8 Å². The molecule has 2 amide bonds. The van der Waals surface area contributed by atoms with Crippen molar-refractivity contribution in [1.82, 2.24) is 15.5 Å². The Balaban J connectivity index is 1.83. The van der Waals surface area contributed by atoms with Crippen LogP contribution in [0.5, 0.6) is 0 Å². The van der Waals surface area contributed by atoms with Crippen LogP contribution in [0.2, 0.25) is 0 Å². The van der Waals surface area contributed by atoms with Gasteiger partial charge in [-0.2, -0.15) is 0 Å². The standard InChI is InChI=1S/C12H23N3O/c1-2-14-11(16)15-9-5-12(6-10-15)3-7-13-8-4-12/h13H,2-10H2,1H3,(H,14,16). The van der Waals surface area contributed by atoms with Gasteiger partial charge >= 0.3 is 6.03 Å². The fraction of sp³-hybridized carbons (Fsp3) is 0.917. The highest BCUT2D eigenvalue weighted by Gasteiger charge is 2.36. The monoisotopic (exact) mass is 225 g/mol. The van der Waals surface area contributed by atoms with Crippen LogP contribution < -0.4 is 10.6 Å². The third-order valence-electron chi connectivity index (χ3n) is 4.10. The van der Waals surface area contributed by atoms with E-state index in [1.54, 1.807) is 0 Å². The van der Waals surface area contributed by atoms with E-state index < -0.39 is 0 Å². The minimum Gasteiger partial charge on any atom is -0.338 e. The van der Waals surface area contributed by atoms with Crippen molar-refractivity contribution in [2.24, 2.45) is 5.41 Å². The number of carbonyl (C=O) groups excluding carboxylic acids is 1. The van der Waals surface area contributed by atoms with Crippen LogP contribution in [0.25, 0.3) is 0 Å². The van der Waals surface area contributed by atoms with Gasteiger partial charge in [0.15, 0.2) is 0 Å². The Bertz CT molecular complexity index is 239. The predicted molar refractivity (Wildman–Crippen MR) is 64.4 cm³/mol. The summed E-state index contributed by atoms with van der Waals surface area (Å²) in [5.41, 5.74) is 0.536. The Morgan fingerprint density at radius 3 is 2.44 bits per heavy atom. The van der Waals surface area contributed by atoms with Gasteiger partial charge in [-0.25, -0.2) is 4.79 Å². The average Bonchev–Trinajstić information content (AvgIpc) is 2.31. The number of urea groups is 1. The lowest BCUT2D eigenvalue weighted by Crippen LogP contribution is -2.49. The van der Waals surface area contributed by atoms with Gasteiger partial charge in [0.2, 0.25) is 0 Å².